The van der Waals surface area contributed by atoms with Crippen molar-refractivity contribution in [1.82, 2.24) is 14.5 Å². The van der Waals surface area contributed by atoms with Crippen molar-refractivity contribution >= 4 is 39.6 Å². The van der Waals surface area contributed by atoms with Crippen molar-refractivity contribution in [1.29, 1.82) is 0 Å². The summed E-state index contributed by atoms with van der Waals surface area (Å²) in [6, 6.07) is 51.2. The molecule has 1 fully saturated rings. The van der Waals surface area contributed by atoms with Crippen molar-refractivity contribution in [3.63, 3.8) is 0 Å². The molecule has 7 aromatic rings. The average molecular weight is 698 g/mol. The van der Waals surface area contributed by atoms with Crippen LogP contribution < -0.4 is 9.80 Å². The minimum Gasteiger partial charge on any atom is -0.313 e. The predicted octanol–water partition coefficient (Wildman–Crippen LogP) is 12.3. The van der Waals surface area contributed by atoms with Gasteiger partial charge in [0.05, 0.1) is 16.9 Å². The Morgan fingerprint density at radius 1 is 0.593 bits per heavy atom. The normalized spacial score (nSPS) is 16.9. The summed E-state index contributed by atoms with van der Waals surface area (Å²) in [5, 5.41) is 1.30. The summed E-state index contributed by atoms with van der Waals surface area (Å²) in [5.74, 6) is 2.87. The van der Waals surface area contributed by atoms with E-state index in [9.17, 15) is 0 Å². The van der Waals surface area contributed by atoms with E-state index in [1.807, 2.05) is 6.07 Å². The number of rotatable bonds is 8. The lowest BCUT2D eigenvalue weighted by Crippen LogP contribution is -2.16. The highest BCUT2D eigenvalue weighted by atomic mass is 15.2. The van der Waals surface area contributed by atoms with Gasteiger partial charge in [-0.3, -0.25) is 9.80 Å². The van der Waals surface area contributed by atoms with Gasteiger partial charge in [-0.05, 0) is 116 Å². The third-order valence-electron chi connectivity index (χ3n) is 10.7. The highest BCUT2D eigenvalue weighted by Gasteiger charge is 2.42. The van der Waals surface area contributed by atoms with Gasteiger partial charge in [0.15, 0.2) is 0 Å². The number of allylic oxidation sites excluding steroid dienone is 7. The SMILES string of the molecule is C1=CCC=C(N(c2ccccc2)c2cccc(-c3cccc(N(c4ccccc4)c4ccc5c(c4)c4c(n5-c5ccccc5)C5CC5C=CC4)n3)n2)C=C1. The van der Waals surface area contributed by atoms with Crippen LogP contribution in [-0.2, 0) is 6.42 Å². The van der Waals surface area contributed by atoms with Crippen molar-refractivity contribution in [2.45, 2.75) is 25.2 Å². The van der Waals surface area contributed by atoms with Gasteiger partial charge in [0.1, 0.15) is 11.6 Å². The summed E-state index contributed by atoms with van der Waals surface area (Å²) in [6.45, 7) is 0. The molecule has 0 N–H and O–H groups in total. The second kappa shape index (κ2) is 13.7. The van der Waals surface area contributed by atoms with Crippen LogP contribution in [0.25, 0.3) is 28.0 Å². The number of aromatic nitrogens is 3. The lowest BCUT2D eigenvalue weighted by atomic mass is 10.0. The Morgan fingerprint density at radius 2 is 1.26 bits per heavy atom. The Hall–Kier alpha value is -6.72. The summed E-state index contributed by atoms with van der Waals surface area (Å²) in [5.41, 5.74) is 11.3. The first-order valence-electron chi connectivity index (χ1n) is 18.9. The van der Waals surface area contributed by atoms with Crippen molar-refractivity contribution in [3.05, 3.63) is 205 Å². The van der Waals surface area contributed by atoms with Crippen LogP contribution in [0.2, 0.25) is 0 Å². The van der Waals surface area contributed by atoms with Crippen molar-refractivity contribution < 1.29 is 0 Å². The van der Waals surface area contributed by atoms with E-state index >= 15 is 0 Å². The number of para-hydroxylation sites is 3. The number of anilines is 5. The first-order chi connectivity index (χ1) is 26.8. The minimum absolute atomic E-state index is 0.561. The minimum atomic E-state index is 0.561. The maximum Gasteiger partial charge on any atom is 0.138 e. The second-order valence-corrected chi connectivity index (χ2v) is 14.1. The van der Waals surface area contributed by atoms with E-state index in [0.717, 1.165) is 58.6 Å². The van der Waals surface area contributed by atoms with E-state index in [4.69, 9.17) is 9.97 Å². The van der Waals surface area contributed by atoms with Gasteiger partial charge >= 0.3 is 0 Å². The fourth-order valence-corrected chi connectivity index (χ4v) is 8.16. The molecule has 0 amide bonds. The van der Waals surface area contributed by atoms with E-state index in [2.05, 4.69) is 196 Å². The third kappa shape index (κ3) is 5.84. The molecule has 1 saturated carbocycles. The number of fused-ring (bicyclic) bond motifs is 5. The molecule has 3 aliphatic rings. The lowest BCUT2D eigenvalue weighted by molar-refractivity contribution is 0.902. The maximum absolute atomic E-state index is 5.34. The molecule has 3 heterocycles. The molecule has 5 heteroatoms. The van der Waals surface area contributed by atoms with Gasteiger partial charge in [-0.1, -0.05) is 103 Å². The van der Waals surface area contributed by atoms with Crippen LogP contribution in [0.3, 0.4) is 0 Å². The molecule has 2 unspecified atom stereocenters. The van der Waals surface area contributed by atoms with Crippen LogP contribution in [-0.4, -0.2) is 14.5 Å². The quantitative estimate of drug-likeness (QED) is 0.148. The molecule has 10 rings (SSSR count). The molecule has 0 bridgehead atoms. The average Bonchev–Trinajstić information content (AvgIpc) is 4.01. The zero-order chi connectivity index (χ0) is 35.8. The van der Waals surface area contributed by atoms with Crippen LogP contribution >= 0.6 is 0 Å². The van der Waals surface area contributed by atoms with Crippen LogP contribution in [0.15, 0.2) is 194 Å². The van der Waals surface area contributed by atoms with Crippen molar-refractivity contribution in [2.24, 2.45) is 5.92 Å². The smallest absolute Gasteiger partial charge is 0.138 e. The van der Waals surface area contributed by atoms with Gasteiger partial charge in [-0.25, -0.2) is 9.97 Å². The molecule has 2 atom stereocenters. The topological polar surface area (TPSA) is 37.2 Å². The van der Waals surface area contributed by atoms with Gasteiger partial charge in [-0.2, -0.15) is 0 Å². The van der Waals surface area contributed by atoms with E-state index in [0.29, 0.717) is 11.8 Å². The van der Waals surface area contributed by atoms with Gasteiger partial charge in [0.2, 0.25) is 0 Å². The summed E-state index contributed by atoms with van der Waals surface area (Å²) in [7, 11) is 0. The Morgan fingerprint density at radius 3 is 1.98 bits per heavy atom. The molecule has 0 radical (unpaired) electrons. The highest BCUT2D eigenvalue weighted by molar-refractivity contribution is 5.93. The van der Waals surface area contributed by atoms with Crippen LogP contribution in [0.4, 0.5) is 28.7 Å². The third-order valence-corrected chi connectivity index (χ3v) is 10.7. The number of hydrogen-bond acceptors (Lipinski definition) is 4. The predicted molar refractivity (Wildman–Crippen MR) is 222 cm³/mol. The molecule has 3 aromatic heterocycles. The van der Waals surface area contributed by atoms with Gasteiger partial charge < -0.3 is 4.57 Å². The second-order valence-electron chi connectivity index (χ2n) is 14.1. The maximum atomic E-state index is 5.34. The van der Waals surface area contributed by atoms with Crippen molar-refractivity contribution in [2.75, 3.05) is 9.80 Å². The fraction of sp³-hybridized carbons (Fsp3) is 0.102. The number of benzene rings is 4. The molecule has 4 aromatic carbocycles. The summed E-state index contributed by atoms with van der Waals surface area (Å²) < 4.78 is 2.52. The first-order valence-corrected chi connectivity index (χ1v) is 18.9. The molecule has 0 aliphatic heterocycles. The molecule has 5 nitrogen and oxygen atoms in total. The molecule has 260 valence electrons. The van der Waals surface area contributed by atoms with Crippen LogP contribution in [0.5, 0.6) is 0 Å². The molecular weight excluding hydrogens is 659 g/mol. The fourth-order valence-electron chi connectivity index (χ4n) is 8.16. The summed E-state index contributed by atoms with van der Waals surface area (Å²) in [6.07, 6.45) is 18.6. The Kier molecular flexibility index (Phi) is 8.10. The first kappa shape index (κ1) is 32.0. The zero-order valence-electron chi connectivity index (χ0n) is 29.9. The highest BCUT2D eigenvalue weighted by Crippen LogP contribution is 2.54. The van der Waals surface area contributed by atoms with E-state index in [-0.39, 0.29) is 0 Å². The Labute approximate surface area is 316 Å². The molecule has 54 heavy (non-hydrogen) atoms. The van der Waals surface area contributed by atoms with Crippen LogP contribution in [0, 0.1) is 5.92 Å². The van der Waals surface area contributed by atoms with Gasteiger partial charge in [-0.15, -0.1) is 0 Å². The largest absolute Gasteiger partial charge is 0.313 e. The number of nitrogens with zero attached hydrogens (tertiary/aromatic N) is 5. The van der Waals surface area contributed by atoms with Crippen molar-refractivity contribution in [3.8, 4) is 17.1 Å². The number of pyridine rings is 2. The standard InChI is InChI=1S/C49H39N5/c1-2-7-19-36(18-6-1)52(37-20-8-3-9-21-37)47-29-15-27-44(50-47)45-28-16-30-48(51-45)53(38-22-10-4-11-23-38)40-31-32-46-43(34-40)41-26-14-17-35-33-42(35)49(41)54(46)39-24-12-5-13-25-39/h1-6,8-25,27-32,34-35,42H,7,26,33H2. The summed E-state index contributed by atoms with van der Waals surface area (Å²) >= 11 is 0. The van der Waals surface area contributed by atoms with Crippen LogP contribution in [0.1, 0.15) is 30.0 Å². The molecule has 3 aliphatic carbocycles. The van der Waals surface area contributed by atoms with E-state index in [1.54, 1.807) is 0 Å². The Balaban J connectivity index is 1.09. The Bertz CT molecular complexity index is 2600. The zero-order valence-corrected chi connectivity index (χ0v) is 29.9. The monoisotopic (exact) mass is 697 g/mol. The van der Waals surface area contributed by atoms with Gasteiger partial charge in [0.25, 0.3) is 0 Å². The molecular formula is C49H39N5. The molecule has 0 saturated heterocycles. The van der Waals surface area contributed by atoms with E-state index in [1.165, 1.54) is 34.3 Å². The summed E-state index contributed by atoms with van der Waals surface area (Å²) in [4.78, 5) is 15.1. The number of hydrogen-bond donors (Lipinski definition) is 0. The van der Waals surface area contributed by atoms with Gasteiger partial charge in [0, 0.05) is 45.4 Å². The van der Waals surface area contributed by atoms with E-state index < -0.39 is 0 Å². The lowest BCUT2D eigenvalue weighted by Gasteiger charge is -2.26. The molecule has 0 spiro atoms.